The highest BCUT2D eigenvalue weighted by atomic mass is 32.1. The van der Waals surface area contributed by atoms with Crippen LogP contribution in [0.3, 0.4) is 0 Å². The Kier molecular flexibility index (Phi) is 4.70. The molecule has 5 nitrogen and oxygen atoms in total. The topological polar surface area (TPSA) is 72.2 Å². The van der Waals surface area contributed by atoms with Crippen molar-refractivity contribution in [1.82, 2.24) is 5.32 Å². The van der Waals surface area contributed by atoms with E-state index in [2.05, 4.69) is 5.32 Å². The van der Waals surface area contributed by atoms with Gasteiger partial charge in [-0.2, -0.15) is 0 Å². The zero-order valence-electron chi connectivity index (χ0n) is 11.8. The zero-order valence-corrected chi connectivity index (χ0v) is 12.6. The Morgan fingerprint density at radius 3 is 2.81 bits per heavy atom. The molecule has 0 saturated heterocycles. The highest BCUT2D eigenvalue weighted by molar-refractivity contribution is 7.12. The third-order valence-electron chi connectivity index (χ3n) is 3.10. The van der Waals surface area contributed by atoms with Crippen molar-refractivity contribution in [2.75, 3.05) is 0 Å². The molecule has 1 aromatic carbocycles. The molecule has 6 heteroatoms. The number of rotatable bonds is 5. The summed E-state index contributed by atoms with van der Waals surface area (Å²) in [5.74, 6) is 0.148. The van der Waals surface area contributed by atoms with E-state index in [0.717, 1.165) is 5.56 Å². The van der Waals surface area contributed by atoms with E-state index in [-0.39, 0.29) is 24.1 Å². The van der Waals surface area contributed by atoms with Crippen LogP contribution >= 0.6 is 11.3 Å². The SMILES string of the molecule is CC(C)c1ccsc1C(=O)NCc1cccc([N+](=O)[O-])c1. The Labute approximate surface area is 126 Å². The van der Waals surface area contributed by atoms with E-state index in [9.17, 15) is 14.9 Å². The van der Waals surface area contributed by atoms with Gasteiger partial charge in [0.2, 0.25) is 0 Å². The first kappa shape index (κ1) is 15.2. The maximum absolute atomic E-state index is 12.2. The average Bonchev–Trinajstić information content (AvgIpc) is 2.94. The highest BCUT2D eigenvalue weighted by Gasteiger charge is 2.15. The predicted octanol–water partition coefficient (Wildman–Crippen LogP) is 3.71. The number of nitro groups is 1. The number of thiophene rings is 1. The number of nitrogens with zero attached hydrogens (tertiary/aromatic N) is 1. The van der Waals surface area contributed by atoms with Crippen LogP contribution in [0.15, 0.2) is 35.7 Å². The van der Waals surface area contributed by atoms with Gasteiger partial charge in [0.25, 0.3) is 11.6 Å². The van der Waals surface area contributed by atoms with E-state index in [1.54, 1.807) is 12.1 Å². The Hall–Kier alpha value is -2.21. The second kappa shape index (κ2) is 6.49. The van der Waals surface area contributed by atoms with Gasteiger partial charge < -0.3 is 5.32 Å². The van der Waals surface area contributed by atoms with Gasteiger partial charge in [-0.15, -0.1) is 11.3 Å². The largest absolute Gasteiger partial charge is 0.347 e. The van der Waals surface area contributed by atoms with Crippen molar-refractivity contribution in [3.8, 4) is 0 Å². The van der Waals surface area contributed by atoms with Crippen LogP contribution in [0.1, 0.15) is 40.6 Å². The van der Waals surface area contributed by atoms with Gasteiger partial charge in [-0.25, -0.2) is 0 Å². The molecular weight excluding hydrogens is 288 g/mol. The van der Waals surface area contributed by atoms with E-state index >= 15 is 0 Å². The Morgan fingerprint density at radius 2 is 2.14 bits per heavy atom. The standard InChI is InChI=1S/C15H16N2O3S/c1-10(2)13-6-7-21-14(13)15(18)16-9-11-4-3-5-12(8-11)17(19)20/h3-8,10H,9H2,1-2H3,(H,16,18). The number of carbonyl (C=O) groups is 1. The van der Waals surface area contributed by atoms with Crippen LogP contribution in [0.2, 0.25) is 0 Å². The lowest BCUT2D eigenvalue weighted by Crippen LogP contribution is -2.23. The van der Waals surface area contributed by atoms with Gasteiger partial charge >= 0.3 is 0 Å². The molecule has 0 fully saturated rings. The molecule has 0 spiro atoms. The van der Waals surface area contributed by atoms with Crippen molar-refractivity contribution in [3.05, 3.63) is 61.8 Å². The normalized spacial score (nSPS) is 10.6. The molecule has 1 amide bonds. The monoisotopic (exact) mass is 304 g/mol. The molecule has 1 N–H and O–H groups in total. The number of nitro benzene ring substituents is 1. The molecule has 0 aliphatic rings. The summed E-state index contributed by atoms with van der Waals surface area (Å²) in [5.41, 5.74) is 1.76. The minimum atomic E-state index is -0.443. The van der Waals surface area contributed by atoms with Crippen LogP contribution < -0.4 is 5.32 Å². The first-order chi connectivity index (χ1) is 9.99. The number of benzene rings is 1. The quantitative estimate of drug-likeness (QED) is 0.676. The van der Waals surface area contributed by atoms with Gasteiger partial charge in [-0.1, -0.05) is 26.0 Å². The van der Waals surface area contributed by atoms with Gasteiger partial charge in [-0.3, -0.25) is 14.9 Å². The number of amides is 1. The van der Waals surface area contributed by atoms with Gasteiger partial charge in [0.15, 0.2) is 0 Å². The molecule has 0 radical (unpaired) electrons. The molecule has 2 rings (SSSR count). The Morgan fingerprint density at radius 1 is 1.38 bits per heavy atom. The van der Waals surface area contributed by atoms with Gasteiger partial charge in [0.05, 0.1) is 9.80 Å². The lowest BCUT2D eigenvalue weighted by molar-refractivity contribution is -0.384. The third-order valence-corrected chi connectivity index (χ3v) is 4.03. The van der Waals surface area contributed by atoms with E-state index in [4.69, 9.17) is 0 Å². The van der Waals surface area contributed by atoms with Crippen molar-refractivity contribution < 1.29 is 9.72 Å². The number of non-ortho nitro benzene ring substituents is 1. The molecule has 0 saturated carbocycles. The predicted molar refractivity (Wildman–Crippen MR) is 82.7 cm³/mol. The fraction of sp³-hybridized carbons (Fsp3) is 0.267. The van der Waals surface area contributed by atoms with Crippen LogP contribution in [0, 0.1) is 10.1 Å². The van der Waals surface area contributed by atoms with Crippen molar-refractivity contribution in [2.24, 2.45) is 0 Å². The summed E-state index contributed by atoms with van der Waals surface area (Å²) in [4.78, 5) is 23.2. The maximum Gasteiger partial charge on any atom is 0.269 e. The molecule has 0 bridgehead atoms. The lowest BCUT2D eigenvalue weighted by Gasteiger charge is -2.08. The molecule has 1 aromatic heterocycles. The fourth-order valence-electron chi connectivity index (χ4n) is 2.00. The number of hydrogen-bond donors (Lipinski definition) is 1. The number of carbonyl (C=O) groups excluding carboxylic acids is 1. The van der Waals surface area contributed by atoms with Crippen LogP contribution in [0.4, 0.5) is 5.69 Å². The molecule has 2 aromatic rings. The van der Waals surface area contributed by atoms with Crippen LogP contribution in [0.5, 0.6) is 0 Å². The molecule has 21 heavy (non-hydrogen) atoms. The Bertz CT molecular complexity index is 664. The summed E-state index contributed by atoms with van der Waals surface area (Å²) in [6.45, 7) is 4.36. The molecule has 0 aliphatic carbocycles. The summed E-state index contributed by atoms with van der Waals surface area (Å²) < 4.78 is 0. The van der Waals surface area contributed by atoms with Gasteiger partial charge in [0, 0.05) is 18.7 Å². The minimum absolute atomic E-state index is 0.0285. The van der Waals surface area contributed by atoms with Crippen molar-refractivity contribution in [3.63, 3.8) is 0 Å². The van der Waals surface area contributed by atoms with Crippen LogP contribution in [0.25, 0.3) is 0 Å². The average molecular weight is 304 g/mol. The third kappa shape index (κ3) is 3.66. The van der Waals surface area contributed by atoms with E-state index < -0.39 is 4.92 Å². The zero-order chi connectivity index (χ0) is 15.4. The first-order valence-electron chi connectivity index (χ1n) is 6.58. The summed E-state index contributed by atoms with van der Waals surface area (Å²) in [5, 5.41) is 15.4. The summed E-state index contributed by atoms with van der Waals surface area (Å²) in [7, 11) is 0. The van der Waals surface area contributed by atoms with Gasteiger partial charge in [-0.05, 0) is 28.5 Å². The second-order valence-electron chi connectivity index (χ2n) is 4.97. The molecule has 0 atom stereocenters. The smallest absolute Gasteiger partial charge is 0.269 e. The summed E-state index contributed by atoms with van der Waals surface area (Å²) >= 11 is 1.41. The summed E-state index contributed by atoms with van der Waals surface area (Å²) in [6, 6.07) is 8.23. The molecule has 1 heterocycles. The number of nitrogens with one attached hydrogen (secondary N) is 1. The van der Waals surface area contributed by atoms with Crippen molar-refractivity contribution in [1.29, 1.82) is 0 Å². The molecular formula is C15H16N2O3S. The van der Waals surface area contributed by atoms with Crippen molar-refractivity contribution >= 4 is 22.9 Å². The van der Waals surface area contributed by atoms with E-state index in [1.165, 1.54) is 23.5 Å². The number of hydrogen-bond acceptors (Lipinski definition) is 4. The van der Waals surface area contributed by atoms with Crippen molar-refractivity contribution in [2.45, 2.75) is 26.3 Å². The minimum Gasteiger partial charge on any atom is -0.347 e. The highest BCUT2D eigenvalue weighted by Crippen LogP contribution is 2.24. The van der Waals surface area contributed by atoms with Gasteiger partial charge in [0.1, 0.15) is 0 Å². The second-order valence-corrected chi connectivity index (χ2v) is 5.89. The maximum atomic E-state index is 12.2. The van der Waals surface area contributed by atoms with Crippen LogP contribution in [-0.4, -0.2) is 10.8 Å². The molecule has 110 valence electrons. The van der Waals surface area contributed by atoms with Crippen LogP contribution in [-0.2, 0) is 6.54 Å². The van der Waals surface area contributed by atoms with E-state index in [0.29, 0.717) is 10.4 Å². The van der Waals surface area contributed by atoms with E-state index in [1.807, 2.05) is 25.3 Å². The molecule has 0 unspecified atom stereocenters. The Balaban J connectivity index is 2.06. The molecule has 0 aliphatic heterocycles. The summed E-state index contributed by atoms with van der Waals surface area (Å²) in [6.07, 6.45) is 0. The lowest BCUT2D eigenvalue weighted by atomic mass is 10.0. The fourth-order valence-corrected chi connectivity index (χ4v) is 2.97. The first-order valence-corrected chi connectivity index (χ1v) is 7.46.